The summed E-state index contributed by atoms with van der Waals surface area (Å²) >= 11 is 1.62. The molecule has 0 amide bonds. The van der Waals surface area contributed by atoms with Gasteiger partial charge in [0.1, 0.15) is 11.5 Å². The number of hydrogen-bond donors (Lipinski definition) is 2. The molecule has 2 aromatic carbocycles. The lowest BCUT2D eigenvalue weighted by Gasteiger charge is -2.11. The molecule has 2 aromatic heterocycles. The molecule has 0 aliphatic heterocycles. The number of thiophene rings is 1. The van der Waals surface area contributed by atoms with Crippen LogP contribution in [0.1, 0.15) is 0 Å². The van der Waals surface area contributed by atoms with Gasteiger partial charge in [-0.2, -0.15) is 11.3 Å². The van der Waals surface area contributed by atoms with Crippen LogP contribution >= 0.6 is 11.3 Å². The quantitative estimate of drug-likeness (QED) is 0.511. The van der Waals surface area contributed by atoms with E-state index in [1.165, 1.54) is 0 Å². The summed E-state index contributed by atoms with van der Waals surface area (Å²) in [6, 6.07) is 20.2. The summed E-state index contributed by atoms with van der Waals surface area (Å²) in [5.74, 6) is 0.362. The maximum absolute atomic E-state index is 10.2. The van der Waals surface area contributed by atoms with Crippen LogP contribution in [0.15, 0.2) is 77.5 Å². The third-order valence-corrected chi connectivity index (χ3v) is 4.72. The van der Waals surface area contributed by atoms with Crippen molar-refractivity contribution in [3.05, 3.63) is 77.5 Å². The van der Waals surface area contributed by atoms with Gasteiger partial charge >= 0.3 is 0 Å². The highest BCUT2D eigenvalue weighted by molar-refractivity contribution is 7.08. The Hall–Kier alpha value is -3.11. The monoisotopic (exact) mass is 345 g/mol. The summed E-state index contributed by atoms with van der Waals surface area (Å²) in [6.45, 7) is 0. The predicted molar refractivity (Wildman–Crippen MR) is 102 cm³/mol. The first-order chi connectivity index (χ1) is 12.2. The van der Waals surface area contributed by atoms with Crippen LogP contribution in [0, 0.1) is 0 Å². The lowest BCUT2D eigenvalue weighted by Crippen LogP contribution is -1.91. The number of hydrogen-bond acceptors (Lipinski definition) is 4. The Balaban J connectivity index is 1.96. The Kier molecular flexibility index (Phi) is 3.96. The van der Waals surface area contributed by atoms with Crippen molar-refractivity contribution in [2.24, 2.45) is 0 Å². The number of phenols is 2. The molecule has 0 aliphatic carbocycles. The normalized spacial score (nSPS) is 10.7. The highest BCUT2D eigenvalue weighted by atomic mass is 32.1. The fraction of sp³-hybridized carbons (Fsp3) is 0. The SMILES string of the molecule is Oc1ccccc1-c1cc(-c2ccsc2)cc(-c2ccccc2O)n1. The number of aromatic hydroxyl groups is 2. The fourth-order valence-electron chi connectivity index (χ4n) is 2.78. The van der Waals surface area contributed by atoms with Crippen LogP contribution in [-0.2, 0) is 0 Å². The van der Waals surface area contributed by atoms with E-state index < -0.39 is 0 Å². The van der Waals surface area contributed by atoms with Gasteiger partial charge < -0.3 is 10.2 Å². The molecule has 2 N–H and O–H groups in total. The molecule has 2 heterocycles. The molecule has 0 atom stereocenters. The maximum Gasteiger partial charge on any atom is 0.124 e. The molecule has 122 valence electrons. The van der Waals surface area contributed by atoms with Gasteiger partial charge in [-0.3, -0.25) is 0 Å². The summed E-state index contributed by atoms with van der Waals surface area (Å²) in [6.07, 6.45) is 0. The summed E-state index contributed by atoms with van der Waals surface area (Å²) in [5, 5.41) is 24.5. The second kappa shape index (κ2) is 6.42. The molecular formula is C21H15NO2S. The number of aromatic nitrogens is 1. The fourth-order valence-corrected chi connectivity index (χ4v) is 3.45. The average molecular weight is 345 g/mol. The van der Waals surface area contributed by atoms with E-state index in [-0.39, 0.29) is 11.5 Å². The van der Waals surface area contributed by atoms with Gasteiger partial charge in [-0.05, 0) is 64.4 Å². The van der Waals surface area contributed by atoms with Crippen molar-refractivity contribution in [3.63, 3.8) is 0 Å². The van der Waals surface area contributed by atoms with E-state index >= 15 is 0 Å². The molecule has 4 heteroatoms. The Bertz CT molecular complexity index is 962. The zero-order valence-electron chi connectivity index (χ0n) is 13.3. The zero-order chi connectivity index (χ0) is 17.2. The first-order valence-electron chi connectivity index (χ1n) is 7.84. The largest absolute Gasteiger partial charge is 0.507 e. The molecule has 0 saturated heterocycles. The summed E-state index contributed by atoms with van der Waals surface area (Å²) < 4.78 is 0. The van der Waals surface area contributed by atoms with E-state index in [2.05, 4.69) is 10.4 Å². The minimum absolute atomic E-state index is 0.181. The smallest absolute Gasteiger partial charge is 0.124 e. The second-order valence-corrected chi connectivity index (χ2v) is 6.45. The van der Waals surface area contributed by atoms with Crippen molar-refractivity contribution in [2.45, 2.75) is 0 Å². The van der Waals surface area contributed by atoms with Crippen molar-refractivity contribution in [1.82, 2.24) is 4.98 Å². The number of pyridine rings is 1. The van der Waals surface area contributed by atoms with Gasteiger partial charge in [0, 0.05) is 11.1 Å². The van der Waals surface area contributed by atoms with E-state index in [0.717, 1.165) is 11.1 Å². The van der Waals surface area contributed by atoms with Crippen LogP contribution in [0.4, 0.5) is 0 Å². The summed E-state index contributed by atoms with van der Waals surface area (Å²) in [7, 11) is 0. The molecule has 0 saturated carbocycles. The van der Waals surface area contributed by atoms with Crippen molar-refractivity contribution < 1.29 is 10.2 Å². The molecule has 4 aromatic rings. The van der Waals surface area contributed by atoms with E-state index in [1.807, 2.05) is 47.8 Å². The van der Waals surface area contributed by atoms with Crippen LogP contribution in [0.3, 0.4) is 0 Å². The number of para-hydroxylation sites is 2. The lowest BCUT2D eigenvalue weighted by atomic mass is 10.0. The Labute approximate surface area is 149 Å². The predicted octanol–water partition coefficient (Wildman–Crippen LogP) is 5.56. The molecule has 0 radical (unpaired) electrons. The lowest BCUT2D eigenvalue weighted by molar-refractivity contribution is 0.477. The summed E-state index contributed by atoms with van der Waals surface area (Å²) in [5.41, 5.74) is 4.74. The molecule has 3 nitrogen and oxygen atoms in total. The summed E-state index contributed by atoms with van der Waals surface area (Å²) in [4.78, 5) is 4.69. The van der Waals surface area contributed by atoms with Gasteiger partial charge in [0.2, 0.25) is 0 Å². The Morgan fingerprint density at radius 2 is 1.24 bits per heavy atom. The first kappa shape index (κ1) is 15.4. The second-order valence-electron chi connectivity index (χ2n) is 5.67. The van der Waals surface area contributed by atoms with Gasteiger partial charge in [0.15, 0.2) is 0 Å². The molecule has 25 heavy (non-hydrogen) atoms. The maximum atomic E-state index is 10.2. The number of phenolic OH excluding ortho intramolecular Hbond substituents is 2. The molecule has 0 bridgehead atoms. The number of nitrogens with zero attached hydrogens (tertiary/aromatic N) is 1. The molecule has 0 aliphatic rings. The van der Waals surface area contributed by atoms with E-state index in [1.54, 1.807) is 35.6 Å². The standard InChI is InChI=1S/C21H15NO2S/c23-20-7-3-1-5-16(20)18-11-15(14-9-10-25-13-14)12-19(22-18)17-6-2-4-8-21(17)24/h1-13,23-24H. The van der Waals surface area contributed by atoms with Crippen LogP contribution in [0.5, 0.6) is 11.5 Å². The van der Waals surface area contributed by atoms with Crippen molar-refractivity contribution in [1.29, 1.82) is 0 Å². The van der Waals surface area contributed by atoms with Gasteiger partial charge in [-0.15, -0.1) is 0 Å². The Morgan fingerprint density at radius 3 is 1.72 bits per heavy atom. The molecule has 0 unspecified atom stereocenters. The Morgan fingerprint density at radius 1 is 0.680 bits per heavy atom. The van der Waals surface area contributed by atoms with Gasteiger partial charge in [-0.1, -0.05) is 24.3 Å². The van der Waals surface area contributed by atoms with E-state index in [0.29, 0.717) is 22.5 Å². The van der Waals surface area contributed by atoms with Gasteiger partial charge in [0.05, 0.1) is 11.4 Å². The van der Waals surface area contributed by atoms with E-state index in [4.69, 9.17) is 0 Å². The van der Waals surface area contributed by atoms with Crippen LogP contribution in [0.25, 0.3) is 33.6 Å². The van der Waals surface area contributed by atoms with Crippen molar-refractivity contribution >= 4 is 11.3 Å². The zero-order valence-corrected chi connectivity index (χ0v) is 14.1. The molecule has 0 fully saturated rings. The van der Waals surface area contributed by atoms with Crippen molar-refractivity contribution in [3.8, 4) is 45.1 Å². The van der Waals surface area contributed by atoms with Crippen molar-refractivity contribution in [2.75, 3.05) is 0 Å². The van der Waals surface area contributed by atoms with Crippen LogP contribution in [0.2, 0.25) is 0 Å². The highest BCUT2D eigenvalue weighted by Crippen LogP contribution is 2.36. The van der Waals surface area contributed by atoms with Gasteiger partial charge in [0.25, 0.3) is 0 Å². The minimum Gasteiger partial charge on any atom is -0.507 e. The average Bonchev–Trinajstić information content (AvgIpc) is 3.17. The highest BCUT2D eigenvalue weighted by Gasteiger charge is 2.13. The first-order valence-corrected chi connectivity index (χ1v) is 8.78. The third kappa shape index (κ3) is 2.99. The van der Waals surface area contributed by atoms with Gasteiger partial charge in [-0.25, -0.2) is 4.98 Å². The topological polar surface area (TPSA) is 53.4 Å². The van der Waals surface area contributed by atoms with Crippen LogP contribution in [-0.4, -0.2) is 15.2 Å². The molecule has 4 rings (SSSR count). The van der Waals surface area contributed by atoms with Crippen LogP contribution < -0.4 is 0 Å². The number of benzene rings is 2. The minimum atomic E-state index is 0.181. The van der Waals surface area contributed by atoms with E-state index in [9.17, 15) is 10.2 Å². The molecule has 0 spiro atoms. The third-order valence-electron chi connectivity index (χ3n) is 4.04. The number of rotatable bonds is 3. The molecular weight excluding hydrogens is 330 g/mol.